The summed E-state index contributed by atoms with van der Waals surface area (Å²) in [6.45, 7) is 0. The van der Waals surface area contributed by atoms with Gasteiger partial charge in [0.2, 0.25) is 0 Å². The van der Waals surface area contributed by atoms with E-state index in [0.717, 1.165) is 11.1 Å². The largest absolute Gasteiger partial charge is 0.495 e. The van der Waals surface area contributed by atoms with E-state index < -0.39 is 10.0 Å². The Morgan fingerprint density at radius 2 is 1.62 bits per heavy atom. The lowest BCUT2D eigenvalue weighted by molar-refractivity contribution is 0.417. The van der Waals surface area contributed by atoms with Gasteiger partial charge in [-0.3, -0.25) is 4.72 Å². The van der Waals surface area contributed by atoms with Crippen molar-refractivity contribution in [2.75, 3.05) is 11.8 Å². The molecule has 0 amide bonds. The number of ether oxygens (including phenoxy) is 1. The Morgan fingerprint density at radius 3 is 2.23 bits per heavy atom. The van der Waals surface area contributed by atoms with Crippen LogP contribution in [0.4, 0.5) is 5.69 Å². The minimum atomic E-state index is -3.81. The van der Waals surface area contributed by atoms with Crippen LogP contribution in [0.3, 0.4) is 0 Å². The Hall–Kier alpha value is -3.30. The third-order valence-electron chi connectivity index (χ3n) is 3.84. The van der Waals surface area contributed by atoms with E-state index in [4.69, 9.17) is 10.00 Å². The standard InChI is InChI=1S/C20H16N2O3S/c1-25-20-12-9-17(16-5-3-2-4-6-16)13-19(20)22-26(23,24)18-10-7-15(14-21)8-11-18/h2-13,22H,1H3. The fraction of sp³-hybridized carbons (Fsp3) is 0.0500. The van der Waals surface area contributed by atoms with Gasteiger partial charge in [-0.2, -0.15) is 5.26 Å². The number of hydrogen-bond donors (Lipinski definition) is 1. The van der Waals surface area contributed by atoms with Crippen molar-refractivity contribution in [3.8, 4) is 22.9 Å². The second-order valence-electron chi connectivity index (χ2n) is 5.52. The monoisotopic (exact) mass is 364 g/mol. The average molecular weight is 364 g/mol. The molecule has 3 aromatic carbocycles. The zero-order chi connectivity index (χ0) is 18.6. The van der Waals surface area contributed by atoms with E-state index in [9.17, 15) is 8.42 Å². The number of nitriles is 1. The Morgan fingerprint density at radius 1 is 0.923 bits per heavy atom. The average Bonchev–Trinajstić information content (AvgIpc) is 2.68. The molecule has 3 rings (SSSR count). The zero-order valence-electron chi connectivity index (χ0n) is 14.0. The fourth-order valence-corrected chi connectivity index (χ4v) is 3.57. The molecule has 130 valence electrons. The molecular weight excluding hydrogens is 348 g/mol. The summed E-state index contributed by atoms with van der Waals surface area (Å²) in [6, 6.07) is 22.7. The van der Waals surface area contributed by atoms with Crippen LogP contribution in [-0.2, 0) is 10.0 Å². The Balaban J connectivity index is 1.98. The number of sulfonamides is 1. The second kappa shape index (κ2) is 7.30. The van der Waals surface area contributed by atoms with Crippen LogP contribution >= 0.6 is 0 Å². The van der Waals surface area contributed by atoms with Crippen molar-refractivity contribution in [3.05, 3.63) is 78.4 Å². The van der Waals surface area contributed by atoms with Gasteiger partial charge in [0.1, 0.15) is 5.75 Å². The van der Waals surface area contributed by atoms with Crippen molar-refractivity contribution in [1.29, 1.82) is 5.26 Å². The van der Waals surface area contributed by atoms with Crippen molar-refractivity contribution in [1.82, 2.24) is 0 Å². The molecule has 0 fully saturated rings. The zero-order valence-corrected chi connectivity index (χ0v) is 14.8. The highest BCUT2D eigenvalue weighted by Gasteiger charge is 2.17. The maximum Gasteiger partial charge on any atom is 0.262 e. The van der Waals surface area contributed by atoms with Crippen LogP contribution < -0.4 is 9.46 Å². The van der Waals surface area contributed by atoms with E-state index in [2.05, 4.69) is 4.72 Å². The Bertz CT molecular complexity index is 1050. The summed E-state index contributed by atoms with van der Waals surface area (Å²) in [7, 11) is -2.33. The van der Waals surface area contributed by atoms with Gasteiger partial charge in [-0.15, -0.1) is 0 Å². The molecule has 0 aliphatic heterocycles. The summed E-state index contributed by atoms with van der Waals surface area (Å²) < 4.78 is 33.2. The third kappa shape index (κ3) is 3.68. The summed E-state index contributed by atoms with van der Waals surface area (Å²) >= 11 is 0. The normalized spacial score (nSPS) is 10.8. The van der Waals surface area contributed by atoms with Crippen LogP contribution in [-0.4, -0.2) is 15.5 Å². The van der Waals surface area contributed by atoms with Crippen LogP contribution in [0.1, 0.15) is 5.56 Å². The lowest BCUT2D eigenvalue weighted by Crippen LogP contribution is -2.13. The van der Waals surface area contributed by atoms with Gasteiger partial charge in [0.05, 0.1) is 29.3 Å². The first kappa shape index (κ1) is 17.5. The maximum atomic E-state index is 12.7. The number of anilines is 1. The molecule has 0 heterocycles. The Labute approximate surface area is 152 Å². The van der Waals surface area contributed by atoms with E-state index in [0.29, 0.717) is 17.0 Å². The van der Waals surface area contributed by atoms with E-state index in [-0.39, 0.29) is 4.90 Å². The van der Waals surface area contributed by atoms with Crippen LogP contribution in [0.15, 0.2) is 77.7 Å². The number of methoxy groups -OCH3 is 1. The molecule has 0 atom stereocenters. The second-order valence-corrected chi connectivity index (χ2v) is 7.21. The van der Waals surface area contributed by atoms with Gasteiger partial charge >= 0.3 is 0 Å². The predicted molar refractivity (Wildman–Crippen MR) is 100 cm³/mol. The summed E-state index contributed by atoms with van der Waals surface area (Å²) in [5, 5.41) is 8.84. The van der Waals surface area contributed by atoms with Crippen molar-refractivity contribution in [2.45, 2.75) is 4.90 Å². The molecule has 0 aliphatic rings. The molecule has 1 N–H and O–H groups in total. The van der Waals surface area contributed by atoms with Crippen LogP contribution in [0.25, 0.3) is 11.1 Å². The van der Waals surface area contributed by atoms with Gasteiger partial charge in [-0.05, 0) is 47.5 Å². The van der Waals surface area contributed by atoms with Crippen molar-refractivity contribution in [2.24, 2.45) is 0 Å². The molecular formula is C20H16N2O3S. The molecule has 0 aromatic heterocycles. The summed E-state index contributed by atoms with van der Waals surface area (Å²) in [6.07, 6.45) is 0. The van der Waals surface area contributed by atoms with Gasteiger partial charge in [0.15, 0.2) is 0 Å². The number of nitrogens with zero attached hydrogens (tertiary/aromatic N) is 1. The van der Waals surface area contributed by atoms with E-state index in [1.807, 2.05) is 42.5 Å². The number of nitrogens with one attached hydrogen (secondary N) is 1. The van der Waals surface area contributed by atoms with Crippen LogP contribution in [0.5, 0.6) is 5.75 Å². The summed E-state index contributed by atoms with van der Waals surface area (Å²) in [4.78, 5) is 0.0728. The quantitative estimate of drug-likeness (QED) is 0.741. The maximum absolute atomic E-state index is 12.7. The van der Waals surface area contributed by atoms with Gasteiger partial charge in [0.25, 0.3) is 10.0 Å². The molecule has 0 saturated heterocycles. The van der Waals surface area contributed by atoms with E-state index in [1.54, 1.807) is 12.1 Å². The van der Waals surface area contributed by atoms with Crippen molar-refractivity contribution < 1.29 is 13.2 Å². The number of hydrogen-bond acceptors (Lipinski definition) is 4. The smallest absolute Gasteiger partial charge is 0.262 e. The highest BCUT2D eigenvalue weighted by Crippen LogP contribution is 2.32. The SMILES string of the molecule is COc1ccc(-c2ccccc2)cc1NS(=O)(=O)c1ccc(C#N)cc1. The number of rotatable bonds is 5. The van der Waals surface area contributed by atoms with Gasteiger partial charge in [-0.1, -0.05) is 36.4 Å². The molecule has 0 spiro atoms. The van der Waals surface area contributed by atoms with E-state index in [1.165, 1.54) is 31.4 Å². The molecule has 0 unspecified atom stereocenters. The summed E-state index contributed by atoms with van der Waals surface area (Å²) in [5.41, 5.74) is 2.57. The lowest BCUT2D eigenvalue weighted by atomic mass is 10.1. The molecule has 3 aromatic rings. The first-order chi connectivity index (χ1) is 12.5. The number of benzene rings is 3. The summed E-state index contributed by atoms with van der Waals surface area (Å²) in [5.74, 6) is 0.418. The topological polar surface area (TPSA) is 79.2 Å². The third-order valence-corrected chi connectivity index (χ3v) is 5.23. The van der Waals surface area contributed by atoms with Crippen LogP contribution in [0.2, 0.25) is 0 Å². The van der Waals surface area contributed by atoms with Gasteiger partial charge in [0, 0.05) is 0 Å². The molecule has 0 radical (unpaired) electrons. The molecule has 6 heteroatoms. The molecule has 0 bridgehead atoms. The van der Waals surface area contributed by atoms with Gasteiger partial charge in [-0.25, -0.2) is 8.42 Å². The highest BCUT2D eigenvalue weighted by molar-refractivity contribution is 7.92. The fourth-order valence-electron chi connectivity index (χ4n) is 2.51. The first-order valence-electron chi connectivity index (χ1n) is 7.80. The molecule has 0 saturated carbocycles. The van der Waals surface area contributed by atoms with Crippen molar-refractivity contribution in [3.63, 3.8) is 0 Å². The first-order valence-corrected chi connectivity index (χ1v) is 9.28. The van der Waals surface area contributed by atoms with Crippen LogP contribution in [0, 0.1) is 11.3 Å². The van der Waals surface area contributed by atoms with Gasteiger partial charge < -0.3 is 4.74 Å². The Kier molecular flexibility index (Phi) is 4.92. The van der Waals surface area contributed by atoms with Crippen molar-refractivity contribution >= 4 is 15.7 Å². The molecule has 26 heavy (non-hydrogen) atoms. The molecule has 0 aliphatic carbocycles. The minimum absolute atomic E-state index is 0.0728. The molecule has 5 nitrogen and oxygen atoms in total. The minimum Gasteiger partial charge on any atom is -0.495 e. The predicted octanol–water partition coefficient (Wildman–Crippen LogP) is 4.03. The highest BCUT2D eigenvalue weighted by atomic mass is 32.2. The van der Waals surface area contributed by atoms with E-state index >= 15 is 0 Å². The lowest BCUT2D eigenvalue weighted by Gasteiger charge is -2.14.